The zero-order valence-electron chi connectivity index (χ0n) is 14.2. The van der Waals surface area contributed by atoms with Gasteiger partial charge in [-0.25, -0.2) is 26.4 Å². The van der Waals surface area contributed by atoms with Crippen LogP contribution in [0.4, 0.5) is 4.39 Å². The van der Waals surface area contributed by atoms with Gasteiger partial charge >= 0.3 is 0 Å². The predicted molar refractivity (Wildman–Crippen MR) is 98.9 cm³/mol. The molecule has 2 aromatic rings. The molecule has 2 aromatic carbocycles. The van der Waals surface area contributed by atoms with E-state index >= 15 is 0 Å². The van der Waals surface area contributed by atoms with Crippen molar-refractivity contribution in [2.45, 2.75) is 16.4 Å². The Morgan fingerprint density at radius 1 is 1.04 bits per heavy atom. The fraction of sp³-hybridized carbons (Fsp3) is 0.176. The number of rotatable bonds is 8. The minimum atomic E-state index is -3.96. The molecule has 0 saturated heterocycles. The number of sulfone groups is 1. The summed E-state index contributed by atoms with van der Waals surface area (Å²) in [4.78, 5) is -0.192. The van der Waals surface area contributed by atoms with E-state index < -0.39 is 31.4 Å². The van der Waals surface area contributed by atoms with Crippen LogP contribution >= 0.6 is 0 Å². The highest BCUT2D eigenvalue weighted by atomic mass is 32.2. The van der Waals surface area contributed by atoms with Gasteiger partial charge in [0, 0.05) is 6.54 Å². The van der Waals surface area contributed by atoms with Crippen molar-refractivity contribution in [1.82, 2.24) is 0 Å². The Morgan fingerprint density at radius 2 is 1.67 bits per heavy atom. The monoisotopic (exact) mass is 414 g/mol. The smallest absolute Gasteiger partial charge is 0.238 e. The molecule has 0 aliphatic heterocycles. The Kier molecular flexibility index (Phi) is 6.71. The zero-order chi connectivity index (χ0) is 20.1. The molecule has 27 heavy (non-hydrogen) atoms. The highest BCUT2D eigenvalue weighted by Crippen LogP contribution is 2.26. The van der Waals surface area contributed by atoms with Crippen LogP contribution in [0.5, 0.6) is 5.75 Å². The molecule has 0 unspecified atom stereocenters. The Balaban J connectivity index is 2.20. The van der Waals surface area contributed by atoms with Crippen molar-refractivity contribution in [3.63, 3.8) is 0 Å². The summed E-state index contributed by atoms with van der Waals surface area (Å²) < 4.78 is 66.5. The van der Waals surface area contributed by atoms with Gasteiger partial charge < -0.3 is 10.5 Å². The summed E-state index contributed by atoms with van der Waals surface area (Å²) in [5.41, 5.74) is 5.79. The molecule has 0 aliphatic rings. The number of hydrogen-bond donors (Lipinski definition) is 2. The van der Waals surface area contributed by atoms with Crippen LogP contribution in [0.2, 0.25) is 0 Å². The van der Waals surface area contributed by atoms with E-state index in [1.807, 2.05) is 0 Å². The average molecular weight is 414 g/mol. The molecule has 0 atom stereocenters. The van der Waals surface area contributed by atoms with E-state index in [1.165, 1.54) is 42.5 Å². The molecule has 7 nitrogen and oxygen atoms in total. The number of para-hydroxylation sites is 1. The minimum Gasteiger partial charge on any atom is -0.488 e. The van der Waals surface area contributed by atoms with Gasteiger partial charge in [-0.2, -0.15) is 0 Å². The fourth-order valence-electron chi connectivity index (χ4n) is 2.21. The van der Waals surface area contributed by atoms with Gasteiger partial charge in [-0.3, -0.25) is 0 Å². The molecule has 10 heteroatoms. The van der Waals surface area contributed by atoms with Crippen molar-refractivity contribution < 1.29 is 26.0 Å². The Morgan fingerprint density at radius 3 is 2.26 bits per heavy atom. The molecule has 4 N–H and O–H groups in total. The lowest BCUT2D eigenvalue weighted by Crippen LogP contribution is -2.12. The van der Waals surface area contributed by atoms with E-state index in [0.717, 1.165) is 6.08 Å². The number of hydrogen-bond acceptors (Lipinski definition) is 6. The quantitative estimate of drug-likeness (QED) is 0.673. The maximum Gasteiger partial charge on any atom is 0.238 e. The second-order valence-electron chi connectivity index (χ2n) is 5.57. The lowest BCUT2D eigenvalue weighted by Gasteiger charge is -2.12. The normalized spacial score (nSPS) is 12.8. The first-order valence-electron chi connectivity index (χ1n) is 7.74. The van der Waals surface area contributed by atoms with Crippen LogP contribution < -0.4 is 15.6 Å². The third kappa shape index (κ3) is 5.86. The second kappa shape index (κ2) is 8.61. The van der Waals surface area contributed by atoms with Crippen LogP contribution in [0.25, 0.3) is 0 Å². The molecular formula is C17H19FN2O5S2. The average Bonchev–Trinajstić information content (AvgIpc) is 2.59. The summed E-state index contributed by atoms with van der Waals surface area (Å²) in [6.45, 7) is -0.118. The van der Waals surface area contributed by atoms with Crippen LogP contribution in [0, 0.1) is 0 Å². The minimum absolute atomic E-state index is 0.0153. The van der Waals surface area contributed by atoms with Gasteiger partial charge in [-0.15, -0.1) is 0 Å². The molecule has 0 aromatic heterocycles. The standard InChI is InChI=1S/C17H19FN2O5S2/c18-14(9-10-19)12-26(21,22)17-4-2-1-3-16(17)25-11-13-5-7-15(8-6-13)27(20,23)24/h1-9H,10-12,19H2,(H2,20,23,24)/b14-9-. The Hall–Kier alpha value is -2.27. The highest BCUT2D eigenvalue weighted by Gasteiger charge is 2.21. The largest absolute Gasteiger partial charge is 0.488 e. The maximum atomic E-state index is 13.6. The number of benzene rings is 2. The summed E-state index contributed by atoms with van der Waals surface area (Å²) in [7, 11) is -7.76. The van der Waals surface area contributed by atoms with Gasteiger partial charge in [0.15, 0.2) is 9.84 Å². The number of sulfonamides is 1. The summed E-state index contributed by atoms with van der Waals surface area (Å²) in [6, 6.07) is 11.5. The molecular weight excluding hydrogens is 395 g/mol. The van der Waals surface area contributed by atoms with Crippen molar-refractivity contribution in [2.24, 2.45) is 10.9 Å². The van der Waals surface area contributed by atoms with E-state index in [9.17, 15) is 21.2 Å². The lowest BCUT2D eigenvalue weighted by molar-refractivity contribution is 0.298. The van der Waals surface area contributed by atoms with Crippen LogP contribution in [0.15, 0.2) is 70.2 Å². The highest BCUT2D eigenvalue weighted by molar-refractivity contribution is 7.91. The van der Waals surface area contributed by atoms with Crippen LogP contribution in [0.3, 0.4) is 0 Å². The SMILES string of the molecule is NC/C=C(\F)CS(=O)(=O)c1ccccc1OCc1ccc(S(N)(=O)=O)cc1. The summed E-state index contributed by atoms with van der Waals surface area (Å²) in [6.07, 6.45) is 0.994. The van der Waals surface area contributed by atoms with E-state index in [1.54, 1.807) is 6.07 Å². The molecule has 0 aliphatic carbocycles. The van der Waals surface area contributed by atoms with Crippen molar-refractivity contribution >= 4 is 19.9 Å². The first-order chi connectivity index (χ1) is 12.6. The molecule has 0 spiro atoms. The van der Waals surface area contributed by atoms with Crippen molar-refractivity contribution in [3.05, 3.63) is 66.0 Å². The van der Waals surface area contributed by atoms with Gasteiger partial charge in [0.25, 0.3) is 0 Å². The molecule has 0 bridgehead atoms. The fourth-order valence-corrected chi connectivity index (χ4v) is 4.08. The molecule has 0 saturated carbocycles. The Bertz CT molecular complexity index is 1030. The molecule has 0 amide bonds. The van der Waals surface area contributed by atoms with Crippen molar-refractivity contribution in [1.29, 1.82) is 0 Å². The third-order valence-corrected chi connectivity index (χ3v) is 6.09. The molecule has 2 rings (SSSR count). The maximum absolute atomic E-state index is 13.6. The summed E-state index contributed by atoms with van der Waals surface area (Å²) in [5.74, 6) is -1.59. The van der Waals surface area contributed by atoms with Crippen LogP contribution in [0.1, 0.15) is 5.56 Å². The molecule has 0 radical (unpaired) electrons. The second-order valence-corrected chi connectivity index (χ2v) is 9.09. The molecule has 0 heterocycles. The van der Waals surface area contributed by atoms with Crippen LogP contribution in [-0.2, 0) is 26.5 Å². The Labute approximate surface area is 157 Å². The van der Waals surface area contributed by atoms with E-state index in [4.69, 9.17) is 15.6 Å². The van der Waals surface area contributed by atoms with E-state index in [2.05, 4.69) is 0 Å². The topological polar surface area (TPSA) is 130 Å². The van der Waals surface area contributed by atoms with E-state index in [0.29, 0.717) is 5.56 Å². The third-order valence-electron chi connectivity index (χ3n) is 3.50. The summed E-state index contributed by atoms with van der Waals surface area (Å²) >= 11 is 0. The molecule has 0 fully saturated rings. The van der Waals surface area contributed by atoms with E-state index in [-0.39, 0.29) is 28.7 Å². The first kappa shape index (κ1) is 21.0. The predicted octanol–water partition coefficient (Wildman–Crippen LogP) is 1.50. The summed E-state index contributed by atoms with van der Waals surface area (Å²) in [5, 5.41) is 5.03. The molecule has 146 valence electrons. The van der Waals surface area contributed by atoms with Crippen LogP contribution in [-0.4, -0.2) is 29.1 Å². The first-order valence-corrected chi connectivity index (χ1v) is 10.9. The number of ether oxygens (including phenoxy) is 1. The van der Waals surface area contributed by atoms with Crippen molar-refractivity contribution in [2.75, 3.05) is 12.3 Å². The lowest BCUT2D eigenvalue weighted by atomic mass is 10.2. The van der Waals surface area contributed by atoms with Gasteiger partial charge in [0.05, 0.1) is 4.90 Å². The van der Waals surface area contributed by atoms with Gasteiger partial charge in [0.1, 0.15) is 28.8 Å². The van der Waals surface area contributed by atoms with Crippen molar-refractivity contribution in [3.8, 4) is 5.75 Å². The van der Waals surface area contributed by atoms with Gasteiger partial charge in [-0.1, -0.05) is 24.3 Å². The number of nitrogens with two attached hydrogens (primary N) is 2. The number of primary sulfonamides is 1. The van der Waals surface area contributed by atoms with Gasteiger partial charge in [0.2, 0.25) is 10.0 Å². The number of halogens is 1. The van der Waals surface area contributed by atoms with Gasteiger partial charge in [-0.05, 0) is 35.9 Å². The zero-order valence-corrected chi connectivity index (χ0v) is 15.8.